The van der Waals surface area contributed by atoms with Crippen LogP contribution in [0, 0.1) is 17.0 Å². The molecule has 1 aliphatic carbocycles. The molecule has 0 aliphatic heterocycles. The van der Waals surface area contributed by atoms with Crippen molar-refractivity contribution >= 4 is 17.8 Å². The largest absolute Gasteiger partial charge is 0.434 e. The van der Waals surface area contributed by atoms with E-state index in [-0.39, 0.29) is 25.1 Å². The number of amides is 2. The van der Waals surface area contributed by atoms with Crippen LogP contribution in [0.3, 0.4) is 0 Å². The topological polar surface area (TPSA) is 119 Å². The number of hydrogen-bond donors (Lipinski definition) is 2. The van der Waals surface area contributed by atoms with Gasteiger partial charge >= 0.3 is 17.8 Å². The Kier molecular flexibility index (Phi) is 5.08. The molecule has 1 aromatic heterocycles. The van der Waals surface area contributed by atoms with E-state index in [1.807, 2.05) is 0 Å². The maximum absolute atomic E-state index is 11.7. The Bertz CT molecular complexity index is 577. The first kappa shape index (κ1) is 15.9. The summed E-state index contributed by atoms with van der Waals surface area (Å²) in [4.78, 5) is 37.3. The average Bonchev–Trinajstić information content (AvgIpc) is 3.09. The third-order valence-corrected chi connectivity index (χ3v) is 3.71. The number of nitro groups is 1. The van der Waals surface area contributed by atoms with E-state index >= 15 is 0 Å². The number of imidazole rings is 1. The lowest BCUT2D eigenvalue weighted by atomic mass is 10.2. The number of aromatic nitrogens is 2. The van der Waals surface area contributed by atoms with Crippen LogP contribution >= 0.6 is 0 Å². The van der Waals surface area contributed by atoms with E-state index < -0.39 is 16.7 Å². The standard InChI is InChI=1S/C13H19N5O4/c1-9-8-15-13(18(21)22)17(9)7-6-14-11(19)12(20)16-10-4-2-3-5-10/h8,10H,2-7H2,1H3,(H,14,19)(H,16,20). The Morgan fingerprint density at radius 2 is 2.09 bits per heavy atom. The summed E-state index contributed by atoms with van der Waals surface area (Å²) in [5.74, 6) is -1.64. The van der Waals surface area contributed by atoms with E-state index in [2.05, 4.69) is 15.6 Å². The lowest BCUT2D eigenvalue weighted by molar-refractivity contribution is -0.396. The predicted molar refractivity (Wildman–Crippen MR) is 77.0 cm³/mol. The van der Waals surface area contributed by atoms with Gasteiger partial charge in [0.15, 0.2) is 0 Å². The molecule has 120 valence electrons. The van der Waals surface area contributed by atoms with Crippen molar-refractivity contribution in [1.82, 2.24) is 20.2 Å². The van der Waals surface area contributed by atoms with Crippen molar-refractivity contribution in [2.75, 3.05) is 6.54 Å². The fraction of sp³-hybridized carbons (Fsp3) is 0.615. The van der Waals surface area contributed by atoms with Crippen LogP contribution in [0.5, 0.6) is 0 Å². The summed E-state index contributed by atoms with van der Waals surface area (Å²) in [5.41, 5.74) is 0.622. The molecule has 1 aliphatic rings. The molecule has 1 fully saturated rings. The van der Waals surface area contributed by atoms with Crippen molar-refractivity contribution in [2.45, 2.75) is 45.2 Å². The molecule has 1 heterocycles. The zero-order valence-electron chi connectivity index (χ0n) is 12.4. The van der Waals surface area contributed by atoms with Crippen molar-refractivity contribution < 1.29 is 14.5 Å². The van der Waals surface area contributed by atoms with Crippen LogP contribution in [0.15, 0.2) is 6.20 Å². The highest BCUT2D eigenvalue weighted by atomic mass is 16.6. The number of hydrogen-bond acceptors (Lipinski definition) is 5. The van der Waals surface area contributed by atoms with E-state index in [1.54, 1.807) is 6.92 Å². The molecule has 2 amide bonds. The molecule has 0 spiro atoms. The molecule has 22 heavy (non-hydrogen) atoms. The van der Waals surface area contributed by atoms with Gasteiger partial charge in [0.05, 0.1) is 6.54 Å². The maximum Gasteiger partial charge on any atom is 0.434 e. The van der Waals surface area contributed by atoms with Gasteiger partial charge in [-0.15, -0.1) is 0 Å². The number of carbonyl (C=O) groups excluding carboxylic acids is 2. The number of nitrogens with zero attached hydrogens (tertiary/aromatic N) is 3. The second-order valence-corrected chi connectivity index (χ2v) is 5.32. The third kappa shape index (κ3) is 3.80. The van der Waals surface area contributed by atoms with E-state index in [0.717, 1.165) is 25.7 Å². The highest BCUT2D eigenvalue weighted by Gasteiger charge is 2.22. The van der Waals surface area contributed by atoms with Gasteiger partial charge in [0.1, 0.15) is 11.9 Å². The lowest BCUT2D eigenvalue weighted by Crippen LogP contribution is -2.44. The first-order chi connectivity index (χ1) is 10.5. The Hall–Kier alpha value is -2.45. The predicted octanol–water partition coefficient (Wildman–Crippen LogP) is 0.275. The number of nitrogens with one attached hydrogen (secondary N) is 2. The molecule has 9 heteroatoms. The van der Waals surface area contributed by atoms with Crippen molar-refractivity contribution in [3.63, 3.8) is 0 Å². The lowest BCUT2D eigenvalue weighted by Gasteiger charge is -2.11. The molecule has 1 saturated carbocycles. The first-order valence-electron chi connectivity index (χ1n) is 7.24. The molecule has 0 radical (unpaired) electrons. The van der Waals surface area contributed by atoms with Gasteiger partial charge in [-0.2, -0.15) is 0 Å². The van der Waals surface area contributed by atoms with Gasteiger partial charge in [0.25, 0.3) is 0 Å². The highest BCUT2D eigenvalue weighted by Crippen LogP contribution is 2.17. The molecular weight excluding hydrogens is 290 g/mol. The fourth-order valence-corrected chi connectivity index (χ4v) is 2.55. The van der Waals surface area contributed by atoms with Crippen LogP contribution in [-0.4, -0.2) is 38.9 Å². The van der Waals surface area contributed by atoms with Gasteiger partial charge in [-0.3, -0.25) is 9.59 Å². The quantitative estimate of drug-likeness (QED) is 0.460. The summed E-state index contributed by atoms with van der Waals surface area (Å²) in [5, 5.41) is 16.0. The normalized spacial score (nSPS) is 14.8. The molecule has 9 nitrogen and oxygen atoms in total. The fourth-order valence-electron chi connectivity index (χ4n) is 2.55. The summed E-state index contributed by atoms with van der Waals surface area (Å²) in [7, 11) is 0. The Labute approximate surface area is 127 Å². The average molecular weight is 309 g/mol. The van der Waals surface area contributed by atoms with Gasteiger partial charge in [-0.1, -0.05) is 17.8 Å². The van der Waals surface area contributed by atoms with Crippen molar-refractivity contribution in [1.29, 1.82) is 0 Å². The minimum Gasteiger partial charge on any atom is -0.390 e. The molecule has 0 saturated heterocycles. The zero-order chi connectivity index (χ0) is 16.1. The van der Waals surface area contributed by atoms with Gasteiger partial charge in [-0.05, 0) is 24.7 Å². The minimum absolute atomic E-state index is 0.0789. The molecule has 0 aromatic carbocycles. The van der Waals surface area contributed by atoms with E-state index in [9.17, 15) is 19.7 Å². The van der Waals surface area contributed by atoms with Crippen molar-refractivity contribution in [3.8, 4) is 0 Å². The molecule has 0 bridgehead atoms. The summed E-state index contributed by atoms with van der Waals surface area (Å²) >= 11 is 0. The van der Waals surface area contributed by atoms with E-state index in [0.29, 0.717) is 5.69 Å². The summed E-state index contributed by atoms with van der Waals surface area (Å²) in [6.45, 7) is 1.99. The van der Waals surface area contributed by atoms with Gasteiger partial charge in [0.2, 0.25) is 0 Å². The van der Waals surface area contributed by atoms with Crippen LogP contribution in [0.1, 0.15) is 31.4 Å². The zero-order valence-corrected chi connectivity index (χ0v) is 12.4. The molecular formula is C13H19N5O4. The maximum atomic E-state index is 11.7. The molecule has 1 aromatic rings. The third-order valence-electron chi connectivity index (χ3n) is 3.71. The SMILES string of the molecule is Cc1cnc([N+](=O)[O-])n1CCNC(=O)C(=O)NC1CCCC1. The first-order valence-corrected chi connectivity index (χ1v) is 7.24. The minimum atomic E-state index is -0.715. The number of aryl methyl sites for hydroxylation is 1. The van der Waals surface area contributed by atoms with E-state index in [4.69, 9.17) is 0 Å². The highest BCUT2D eigenvalue weighted by molar-refractivity contribution is 6.35. The van der Waals surface area contributed by atoms with Gasteiger partial charge in [0, 0.05) is 12.6 Å². The second-order valence-electron chi connectivity index (χ2n) is 5.32. The molecule has 0 unspecified atom stereocenters. The summed E-state index contributed by atoms with van der Waals surface area (Å²) in [6.07, 6.45) is 5.33. The Morgan fingerprint density at radius 1 is 1.41 bits per heavy atom. The van der Waals surface area contributed by atoms with Gasteiger partial charge in [-0.25, -0.2) is 4.57 Å². The van der Waals surface area contributed by atoms with Crippen LogP contribution in [0.2, 0.25) is 0 Å². The van der Waals surface area contributed by atoms with Crippen molar-refractivity contribution in [3.05, 3.63) is 22.0 Å². The van der Waals surface area contributed by atoms with Crippen LogP contribution in [0.4, 0.5) is 5.95 Å². The molecule has 2 rings (SSSR count). The number of rotatable bonds is 5. The Morgan fingerprint density at radius 3 is 2.73 bits per heavy atom. The Balaban J connectivity index is 1.80. The van der Waals surface area contributed by atoms with E-state index in [1.165, 1.54) is 10.8 Å². The number of carbonyl (C=O) groups is 2. The van der Waals surface area contributed by atoms with Crippen LogP contribution in [0.25, 0.3) is 0 Å². The summed E-state index contributed by atoms with van der Waals surface area (Å²) < 4.78 is 1.38. The smallest absolute Gasteiger partial charge is 0.390 e. The van der Waals surface area contributed by atoms with Gasteiger partial charge < -0.3 is 20.7 Å². The second kappa shape index (κ2) is 7.01. The molecule has 0 atom stereocenters. The summed E-state index contributed by atoms with van der Waals surface area (Å²) in [6, 6.07) is 0.0789. The van der Waals surface area contributed by atoms with Crippen LogP contribution < -0.4 is 10.6 Å². The van der Waals surface area contributed by atoms with Crippen LogP contribution in [-0.2, 0) is 16.1 Å². The monoisotopic (exact) mass is 309 g/mol. The van der Waals surface area contributed by atoms with Crippen molar-refractivity contribution in [2.24, 2.45) is 0 Å². The molecule has 2 N–H and O–H groups in total.